The molecule has 5 heteroatoms. The summed E-state index contributed by atoms with van der Waals surface area (Å²) in [5.74, 6) is 0.298. The van der Waals surface area contributed by atoms with Crippen molar-refractivity contribution in [2.45, 2.75) is 31.8 Å². The molecule has 1 saturated carbocycles. The summed E-state index contributed by atoms with van der Waals surface area (Å²) in [5.41, 5.74) is 6.33. The van der Waals surface area contributed by atoms with E-state index in [0.29, 0.717) is 25.6 Å². The molecule has 20 heavy (non-hydrogen) atoms. The molecule has 110 valence electrons. The summed E-state index contributed by atoms with van der Waals surface area (Å²) >= 11 is 0. The van der Waals surface area contributed by atoms with Crippen LogP contribution in [0.4, 0.5) is 0 Å². The van der Waals surface area contributed by atoms with Crippen molar-refractivity contribution in [3.8, 4) is 0 Å². The topological polar surface area (TPSA) is 68.5 Å². The Balaban J connectivity index is 2.08. The lowest BCUT2D eigenvalue weighted by Gasteiger charge is -2.31. The molecule has 1 heterocycles. The van der Waals surface area contributed by atoms with Crippen LogP contribution in [0.1, 0.15) is 25.5 Å². The SMILES string of the molecule is COCCN(Cc1ccccn1)C(=O)C(C)(N)C1CC1. The number of nitrogens with zero attached hydrogens (tertiary/aromatic N) is 2. The van der Waals surface area contributed by atoms with Crippen molar-refractivity contribution in [1.29, 1.82) is 0 Å². The summed E-state index contributed by atoms with van der Waals surface area (Å²) < 4.78 is 5.09. The number of aromatic nitrogens is 1. The van der Waals surface area contributed by atoms with E-state index in [2.05, 4.69) is 4.98 Å². The van der Waals surface area contributed by atoms with Gasteiger partial charge < -0.3 is 15.4 Å². The summed E-state index contributed by atoms with van der Waals surface area (Å²) in [6.45, 7) is 3.35. The van der Waals surface area contributed by atoms with Gasteiger partial charge in [0.1, 0.15) is 0 Å². The highest BCUT2D eigenvalue weighted by Crippen LogP contribution is 2.39. The van der Waals surface area contributed by atoms with E-state index in [1.54, 1.807) is 18.2 Å². The maximum Gasteiger partial charge on any atom is 0.243 e. The highest BCUT2D eigenvalue weighted by molar-refractivity contribution is 5.86. The maximum atomic E-state index is 12.7. The van der Waals surface area contributed by atoms with Crippen molar-refractivity contribution in [1.82, 2.24) is 9.88 Å². The minimum absolute atomic E-state index is 0.0114. The normalized spacial score (nSPS) is 17.6. The average Bonchev–Trinajstić information content (AvgIpc) is 3.28. The van der Waals surface area contributed by atoms with Gasteiger partial charge in [-0.05, 0) is 37.8 Å². The number of hydrogen-bond donors (Lipinski definition) is 1. The van der Waals surface area contributed by atoms with Gasteiger partial charge in [0.2, 0.25) is 5.91 Å². The number of pyridine rings is 1. The first-order chi connectivity index (χ1) is 9.55. The summed E-state index contributed by atoms with van der Waals surface area (Å²) in [5, 5.41) is 0. The van der Waals surface area contributed by atoms with E-state index in [-0.39, 0.29) is 5.91 Å². The minimum atomic E-state index is -0.775. The van der Waals surface area contributed by atoms with Crippen molar-refractivity contribution < 1.29 is 9.53 Å². The Hall–Kier alpha value is -1.46. The molecular weight excluding hydrogens is 254 g/mol. The first-order valence-electron chi connectivity index (χ1n) is 7.02. The number of methoxy groups -OCH3 is 1. The standard InChI is InChI=1S/C15H23N3O2/c1-15(16,12-6-7-12)14(19)18(9-10-20-2)11-13-5-3-4-8-17-13/h3-5,8,12H,6-7,9-11,16H2,1-2H3. The highest BCUT2D eigenvalue weighted by Gasteiger charge is 2.45. The molecular formula is C15H23N3O2. The third-order valence-corrected chi connectivity index (χ3v) is 3.82. The van der Waals surface area contributed by atoms with Crippen LogP contribution in [0.15, 0.2) is 24.4 Å². The Kier molecular flexibility index (Phi) is 4.73. The fourth-order valence-corrected chi connectivity index (χ4v) is 2.34. The molecule has 1 atom stereocenters. The second-order valence-corrected chi connectivity index (χ2v) is 5.60. The molecule has 1 aromatic rings. The van der Waals surface area contributed by atoms with Gasteiger partial charge >= 0.3 is 0 Å². The van der Waals surface area contributed by atoms with Gasteiger partial charge in [0, 0.05) is 19.9 Å². The molecule has 1 amide bonds. The molecule has 1 aromatic heterocycles. The Morgan fingerprint density at radius 3 is 2.85 bits per heavy atom. The first-order valence-corrected chi connectivity index (χ1v) is 7.02. The maximum absolute atomic E-state index is 12.7. The van der Waals surface area contributed by atoms with Crippen LogP contribution < -0.4 is 5.73 Å². The summed E-state index contributed by atoms with van der Waals surface area (Å²) in [7, 11) is 1.63. The van der Waals surface area contributed by atoms with Crippen LogP contribution in [-0.4, -0.2) is 41.6 Å². The van der Waals surface area contributed by atoms with Crippen LogP contribution in [0.5, 0.6) is 0 Å². The second-order valence-electron chi connectivity index (χ2n) is 5.60. The van der Waals surface area contributed by atoms with Crippen LogP contribution >= 0.6 is 0 Å². The molecule has 2 rings (SSSR count). The Morgan fingerprint density at radius 2 is 2.30 bits per heavy atom. The van der Waals surface area contributed by atoms with Gasteiger partial charge in [0.25, 0.3) is 0 Å². The van der Waals surface area contributed by atoms with Gasteiger partial charge in [-0.2, -0.15) is 0 Å². The largest absolute Gasteiger partial charge is 0.383 e. The minimum Gasteiger partial charge on any atom is -0.383 e. The molecule has 5 nitrogen and oxygen atoms in total. The molecule has 2 N–H and O–H groups in total. The van der Waals surface area contributed by atoms with E-state index in [0.717, 1.165) is 18.5 Å². The molecule has 1 fully saturated rings. The predicted molar refractivity (Wildman–Crippen MR) is 76.8 cm³/mol. The van der Waals surface area contributed by atoms with Gasteiger partial charge in [0.05, 0.1) is 24.4 Å². The van der Waals surface area contributed by atoms with Crippen molar-refractivity contribution >= 4 is 5.91 Å². The van der Waals surface area contributed by atoms with Crippen LogP contribution in [0.25, 0.3) is 0 Å². The lowest BCUT2D eigenvalue weighted by molar-refractivity contribution is -0.138. The van der Waals surface area contributed by atoms with Gasteiger partial charge in [0.15, 0.2) is 0 Å². The molecule has 0 spiro atoms. The zero-order valence-electron chi connectivity index (χ0n) is 12.2. The molecule has 0 radical (unpaired) electrons. The van der Waals surface area contributed by atoms with E-state index in [4.69, 9.17) is 10.5 Å². The molecule has 0 bridgehead atoms. The first kappa shape index (κ1) is 14.9. The van der Waals surface area contributed by atoms with Crippen molar-refractivity contribution in [2.75, 3.05) is 20.3 Å². The number of ether oxygens (including phenoxy) is 1. The third-order valence-electron chi connectivity index (χ3n) is 3.82. The third kappa shape index (κ3) is 3.55. The van der Waals surface area contributed by atoms with Crippen LogP contribution in [-0.2, 0) is 16.1 Å². The van der Waals surface area contributed by atoms with Crippen molar-refractivity contribution in [3.63, 3.8) is 0 Å². The number of hydrogen-bond acceptors (Lipinski definition) is 4. The Bertz CT molecular complexity index is 444. The fraction of sp³-hybridized carbons (Fsp3) is 0.600. The van der Waals surface area contributed by atoms with E-state index in [9.17, 15) is 4.79 Å². The Morgan fingerprint density at radius 1 is 1.55 bits per heavy atom. The lowest BCUT2D eigenvalue weighted by atomic mass is 9.95. The van der Waals surface area contributed by atoms with Crippen LogP contribution in [0, 0.1) is 5.92 Å². The van der Waals surface area contributed by atoms with Gasteiger partial charge in [-0.15, -0.1) is 0 Å². The predicted octanol–water partition coefficient (Wildman–Crippen LogP) is 1.18. The van der Waals surface area contributed by atoms with E-state index >= 15 is 0 Å². The second kappa shape index (κ2) is 6.33. The van der Waals surface area contributed by atoms with Crippen molar-refractivity contribution in [2.24, 2.45) is 11.7 Å². The Labute approximate surface area is 120 Å². The molecule has 1 aliphatic carbocycles. The number of rotatable bonds is 7. The summed E-state index contributed by atoms with van der Waals surface area (Å²) in [6.07, 6.45) is 3.82. The molecule has 0 aliphatic heterocycles. The molecule has 0 saturated heterocycles. The van der Waals surface area contributed by atoms with E-state index in [1.807, 2.05) is 25.1 Å². The highest BCUT2D eigenvalue weighted by atomic mass is 16.5. The summed E-state index contributed by atoms with van der Waals surface area (Å²) in [6, 6.07) is 5.70. The van der Waals surface area contributed by atoms with Crippen LogP contribution in [0.3, 0.4) is 0 Å². The number of nitrogens with two attached hydrogens (primary N) is 1. The summed E-state index contributed by atoms with van der Waals surface area (Å²) in [4.78, 5) is 18.7. The molecule has 1 aliphatic rings. The molecule has 0 aromatic carbocycles. The lowest BCUT2D eigenvalue weighted by Crippen LogP contribution is -2.55. The number of amides is 1. The monoisotopic (exact) mass is 277 g/mol. The fourth-order valence-electron chi connectivity index (χ4n) is 2.34. The van der Waals surface area contributed by atoms with Crippen LogP contribution in [0.2, 0.25) is 0 Å². The average molecular weight is 277 g/mol. The quantitative estimate of drug-likeness (QED) is 0.812. The van der Waals surface area contributed by atoms with Gasteiger partial charge in [-0.25, -0.2) is 0 Å². The number of carbonyl (C=O) groups excluding carboxylic acids is 1. The van der Waals surface area contributed by atoms with E-state index < -0.39 is 5.54 Å². The van der Waals surface area contributed by atoms with E-state index in [1.165, 1.54) is 0 Å². The van der Waals surface area contributed by atoms with Gasteiger partial charge in [-0.1, -0.05) is 6.07 Å². The molecule has 1 unspecified atom stereocenters. The van der Waals surface area contributed by atoms with Gasteiger partial charge in [-0.3, -0.25) is 9.78 Å². The van der Waals surface area contributed by atoms with Crippen molar-refractivity contribution in [3.05, 3.63) is 30.1 Å². The number of carbonyl (C=O) groups is 1. The zero-order valence-corrected chi connectivity index (χ0v) is 12.2. The smallest absolute Gasteiger partial charge is 0.243 e. The zero-order chi connectivity index (χ0) is 14.6.